The molecule has 5 rings (SSSR count). The molecule has 4 nitrogen and oxygen atoms in total. The Balaban J connectivity index is 1.42. The van der Waals surface area contributed by atoms with Gasteiger partial charge in [-0.2, -0.15) is 0 Å². The predicted molar refractivity (Wildman–Crippen MR) is 119 cm³/mol. The molecule has 1 N–H and O–H groups in total. The lowest BCUT2D eigenvalue weighted by atomic mass is 9.78. The van der Waals surface area contributed by atoms with Gasteiger partial charge in [0.15, 0.2) is 4.96 Å². The van der Waals surface area contributed by atoms with Crippen LogP contribution in [0.1, 0.15) is 43.5 Å². The highest BCUT2D eigenvalue weighted by Gasteiger charge is 2.28. The van der Waals surface area contributed by atoms with E-state index in [1.54, 1.807) is 11.3 Å². The largest absolute Gasteiger partial charge is 0.349 e. The first-order valence-electron chi connectivity index (χ1n) is 10.4. The average Bonchev–Trinajstić information content (AvgIpc) is 3.29. The molecule has 1 amide bonds. The van der Waals surface area contributed by atoms with E-state index in [1.165, 1.54) is 12.8 Å². The SMILES string of the molecule is C[C@@H]1[C@H](C)CCC[C@H]1NC(=O)c1ccc2c(c1)sc1nc(-c3ccccc3)cn12. The van der Waals surface area contributed by atoms with Crippen molar-refractivity contribution in [1.82, 2.24) is 14.7 Å². The maximum atomic E-state index is 12.9. The highest BCUT2D eigenvalue weighted by atomic mass is 32.1. The third kappa shape index (κ3) is 3.33. The third-order valence-electron chi connectivity index (χ3n) is 6.45. The van der Waals surface area contributed by atoms with E-state index < -0.39 is 0 Å². The zero-order valence-corrected chi connectivity index (χ0v) is 17.6. The lowest BCUT2D eigenvalue weighted by Gasteiger charge is -2.34. The summed E-state index contributed by atoms with van der Waals surface area (Å²) in [5, 5.41) is 3.28. The summed E-state index contributed by atoms with van der Waals surface area (Å²) in [4.78, 5) is 18.6. The molecule has 1 aliphatic carbocycles. The molecule has 5 heteroatoms. The minimum absolute atomic E-state index is 0.0360. The number of aromatic nitrogens is 2. The van der Waals surface area contributed by atoms with Crippen molar-refractivity contribution < 1.29 is 4.79 Å². The van der Waals surface area contributed by atoms with E-state index in [1.807, 2.05) is 36.4 Å². The van der Waals surface area contributed by atoms with Crippen molar-refractivity contribution in [3.8, 4) is 11.3 Å². The lowest BCUT2D eigenvalue weighted by Crippen LogP contribution is -2.43. The lowest BCUT2D eigenvalue weighted by molar-refractivity contribution is 0.0891. The number of nitrogens with one attached hydrogen (secondary N) is 1. The second-order valence-corrected chi connectivity index (χ2v) is 9.29. The van der Waals surface area contributed by atoms with E-state index in [-0.39, 0.29) is 11.9 Å². The Morgan fingerprint density at radius 3 is 2.79 bits per heavy atom. The van der Waals surface area contributed by atoms with Crippen LogP contribution in [0.4, 0.5) is 0 Å². The van der Waals surface area contributed by atoms with Crippen LogP contribution in [0.15, 0.2) is 54.7 Å². The smallest absolute Gasteiger partial charge is 0.251 e. The van der Waals surface area contributed by atoms with E-state index in [9.17, 15) is 4.79 Å². The number of carbonyl (C=O) groups excluding carboxylic acids is 1. The first-order chi connectivity index (χ1) is 14.1. The molecular formula is C24H25N3OS. The first kappa shape index (κ1) is 18.4. The van der Waals surface area contributed by atoms with Gasteiger partial charge in [-0.1, -0.05) is 68.4 Å². The second kappa shape index (κ2) is 7.30. The van der Waals surface area contributed by atoms with Crippen molar-refractivity contribution in [1.29, 1.82) is 0 Å². The van der Waals surface area contributed by atoms with E-state index in [0.717, 1.165) is 38.4 Å². The van der Waals surface area contributed by atoms with Crippen molar-refractivity contribution in [3.05, 3.63) is 60.3 Å². The Labute approximate surface area is 174 Å². The maximum Gasteiger partial charge on any atom is 0.251 e. The zero-order chi connectivity index (χ0) is 20.0. The van der Waals surface area contributed by atoms with Crippen molar-refractivity contribution in [2.75, 3.05) is 0 Å². The van der Waals surface area contributed by atoms with Gasteiger partial charge in [-0.25, -0.2) is 4.98 Å². The molecule has 1 fully saturated rings. The fourth-order valence-electron chi connectivity index (χ4n) is 4.43. The minimum Gasteiger partial charge on any atom is -0.349 e. The molecule has 0 saturated heterocycles. The molecule has 2 heterocycles. The Bertz CT molecular complexity index is 1180. The van der Waals surface area contributed by atoms with Gasteiger partial charge in [0.25, 0.3) is 5.91 Å². The van der Waals surface area contributed by atoms with E-state index in [4.69, 9.17) is 4.98 Å². The van der Waals surface area contributed by atoms with Gasteiger partial charge in [0.2, 0.25) is 0 Å². The van der Waals surface area contributed by atoms with Gasteiger partial charge in [0.1, 0.15) is 0 Å². The number of hydrogen-bond acceptors (Lipinski definition) is 3. The maximum absolute atomic E-state index is 12.9. The second-order valence-electron chi connectivity index (χ2n) is 8.28. The predicted octanol–water partition coefficient (Wildman–Crippen LogP) is 5.77. The molecule has 0 unspecified atom stereocenters. The molecule has 0 aliphatic heterocycles. The number of thiazole rings is 1. The molecule has 2 aromatic heterocycles. The molecule has 0 spiro atoms. The summed E-state index contributed by atoms with van der Waals surface area (Å²) >= 11 is 1.63. The summed E-state index contributed by atoms with van der Waals surface area (Å²) in [6.45, 7) is 4.55. The summed E-state index contributed by atoms with van der Waals surface area (Å²) in [5.41, 5.74) is 3.91. The summed E-state index contributed by atoms with van der Waals surface area (Å²) < 4.78 is 3.21. The number of carbonyl (C=O) groups is 1. The van der Waals surface area contributed by atoms with Gasteiger partial charge in [-0.05, 0) is 36.5 Å². The molecule has 4 aromatic rings. The highest BCUT2D eigenvalue weighted by molar-refractivity contribution is 7.23. The fraction of sp³-hybridized carbons (Fsp3) is 0.333. The van der Waals surface area contributed by atoms with Crippen molar-refractivity contribution >= 4 is 32.4 Å². The summed E-state index contributed by atoms with van der Waals surface area (Å²) in [7, 11) is 0. The minimum atomic E-state index is 0.0360. The number of amides is 1. The summed E-state index contributed by atoms with van der Waals surface area (Å²) in [6, 6.07) is 16.5. The Hall–Kier alpha value is -2.66. The number of nitrogens with zero attached hydrogens (tertiary/aromatic N) is 2. The van der Waals surface area contributed by atoms with E-state index in [0.29, 0.717) is 11.8 Å². The molecule has 1 saturated carbocycles. The van der Waals surface area contributed by atoms with Crippen molar-refractivity contribution in [2.45, 2.75) is 39.2 Å². The van der Waals surface area contributed by atoms with Gasteiger partial charge in [0, 0.05) is 23.4 Å². The summed E-state index contributed by atoms with van der Waals surface area (Å²) in [6.07, 6.45) is 5.61. The number of hydrogen-bond donors (Lipinski definition) is 1. The Kier molecular flexibility index (Phi) is 4.63. The summed E-state index contributed by atoms with van der Waals surface area (Å²) in [5.74, 6) is 1.23. The number of imidazole rings is 1. The molecular weight excluding hydrogens is 378 g/mol. The number of benzene rings is 2. The van der Waals surface area contributed by atoms with Gasteiger partial charge < -0.3 is 5.32 Å². The third-order valence-corrected chi connectivity index (χ3v) is 7.47. The topological polar surface area (TPSA) is 46.4 Å². The van der Waals surface area contributed by atoms with Crippen LogP contribution >= 0.6 is 11.3 Å². The highest BCUT2D eigenvalue weighted by Crippen LogP contribution is 2.31. The van der Waals surface area contributed by atoms with Gasteiger partial charge in [-0.15, -0.1) is 0 Å². The van der Waals surface area contributed by atoms with Crippen LogP contribution in [0, 0.1) is 11.8 Å². The zero-order valence-electron chi connectivity index (χ0n) is 16.8. The van der Waals surface area contributed by atoms with Gasteiger partial charge in [0.05, 0.1) is 15.9 Å². The van der Waals surface area contributed by atoms with Crippen LogP contribution in [0.5, 0.6) is 0 Å². The molecule has 1 aliphatic rings. The normalized spacial score (nSPS) is 22.2. The van der Waals surface area contributed by atoms with E-state index >= 15 is 0 Å². The molecule has 2 aromatic carbocycles. The van der Waals surface area contributed by atoms with Crippen LogP contribution in [0.3, 0.4) is 0 Å². The van der Waals surface area contributed by atoms with Crippen LogP contribution < -0.4 is 5.32 Å². The monoisotopic (exact) mass is 403 g/mol. The van der Waals surface area contributed by atoms with E-state index in [2.05, 4.69) is 41.9 Å². The van der Waals surface area contributed by atoms with Crippen LogP contribution in [-0.2, 0) is 0 Å². The van der Waals surface area contributed by atoms with Crippen molar-refractivity contribution in [2.24, 2.45) is 11.8 Å². The molecule has 3 atom stereocenters. The number of rotatable bonds is 3. The van der Waals surface area contributed by atoms with Crippen molar-refractivity contribution in [3.63, 3.8) is 0 Å². The Morgan fingerprint density at radius 1 is 1.14 bits per heavy atom. The number of fused-ring (bicyclic) bond motifs is 3. The molecule has 29 heavy (non-hydrogen) atoms. The average molecular weight is 404 g/mol. The van der Waals surface area contributed by atoms with Crippen LogP contribution in [0.2, 0.25) is 0 Å². The van der Waals surface area contributed by atoms with Crippen LogP contribution in [0.25, 0.3) is 26.4 Å². The van der Waals surface area contributed by atoms with Gasteiger partial charge in [-0.3, -0.25) is 9.20 Å². The Morgan fingerprint density at radius 2 is 1.97 bits per heavy atom. The molecule has 0 bridgehead atoms. The molecule has 0 radical (unpaired) electrons. The molecule has 148 valence electrons. The standard InChI is InChI=1S/C24H25N3OS/c1-15-7-6-10-19(16(15)2)25-23(28)18-11-12-21-22(13-18)29-24-26-20(14-27(21)24)17-8-4-3-5-9-17/h3-5,8-9,11-16,19H,6-7,10H2,1-2H3,(H,25,28)/t15-,16-,19-/m1/s1. The quantitative estimate of drug-likeness (QED) is 0.472. The van der Waals surface area contributed by atoms with Gasteiger partial charge >= 0.3 is 0 Å². The fourth-order valence-corrected chi connectivity index (χ4v) is 5.47. The first-order valence-corrected chi connectivity index (χ1v) is 11.2. The van der Waals surface area contributed by atoms with Crippen LogP contribution in [-0.4, -0.2) is 21.3 Å².